The summed E-state index contributed by atoms with van der Waals surface area (Å²) in [6, 6.07) is 7.24. The van der Waals surface area contributed by atoms with Crippen LogP contribution in [0.15, 0.2) is 41.6 Å². The predicted octanol–water partition coefficient (Wildman–Crippen LogP) is 2.41. The number of aromatic hydroxyl groups is 1. The number of phenols is 1. The zero-order valence-corrected chi connectivity index (χ0v) is 8.29. The van der Waals surface area contributed by atoms with Crippen molar-refractivity contribution in [2.45, 2.75) is 10.6 Å². The van der Waals surface area contributed by atoms with Crippen LogP contribution in [0.3, 0.4) is 0 Å². The molecular weight excluding hydrogens is 196 g/mol. The van der Waals surface area contributed by atoms with Gasteiger partial charge in [0.1, 0.15) is 5.75 Å². The van der Waals surface area contributed by atoms with Crippen LogP contribution in [0.1, 0.15) is 5.56 Å². The summed E-state index contributed by atoms with van der Waals surface area (Å²) in [5, 5.41) is 15.9. The highest BCUT2D eigenvalue weighted by atomic mass is 32.2. The number of aromatic nitrogens is 2. The van der Waals surface area contributed by atoms with Crippen molar-refractivity contribution in [1.29, 1.82) is 0 Å². The van der Waals surface area contributed by atoms with E-state index in [-0.39, 0.29) is 0 Å². The lowest BCUT2D eigenvalue weighted by molar-refractivity contribution is 0.474. The van der Waals surface area contributed by atoms with Crippen LogP contribution < -0.4 is 0 Å². The Bertz CT molecular complexity index is 400. The van der Waals surface area contributed by atoms with Gasteiger partial charge in [0.15, 0.2) is 0 Å². The molecule has 2 N–H and O–H groups in total. The molecule has 0 unspecified atom stereocenters. The van der Waals surface area contributed by atoms with Crippen LogP contribution in [0.25, 0.3) is 0 Å². The minimum atomic E-state index is 0.308. The Kier molecular flexibility index (Phi) is 2.74. The summed E-state index contributed by atoms with van der Waals surface area (Å²) in [6.45, 7) is 0. The molecule has 0 saturated carbocycles. The fourth-order valence-electron chi connectivity index (χ4n) is 1.10. The van der Waals surface area contributed by atoms with Gasteiger partial charge in [-0.25, -0.2) is 0 Å². The zero-order valence-electron chi connectivity index (χ0n) is 7.47. The number of hydrogen-bond donors (Lipinski definition) is 2. The van der Waals surface area contributed by atoms with Crippen LogP contribution in [0, 0.1) is 0 Å². The Morgan fingerprint density at radius 1 is 1.43 bits per heavy atom. The highest BCUT2D eigenvalue weighted by Crippen LogP contribution is 2.24. The van der Waals surface area contributed by atoms with Crippen molar-refractivity contribution in [3.05, 3.63) is 42.2 Å². The van der Waals surface area contributed by atoms with Gasteiger partial charge in [-0.2, -0.15) is 5.10 Å². The highest BCUT2D eigenvalue weighted by Gasteiger charge is 1.97. The van der Waals surface area contributed by atoms with Crippen LogP contribution in [0.5, 0.6) is 5.75 Å². The molecule has 4 heteroatoms. The standard InChI is InChI=1S/C10H10N2OS/c13-9-2-1-3-10(4-9)14-7-8-5-11-12-6-8/h1-6,13H,7H2,(H,11,12). The summed E-state index contributed by atoms with van der Waals surface area (Å²) in [4.78, 5) is 1.06. The lowest BCUT2D eigenvalue weighted by Crippen LogP contribution is -1.76. The van der Waals surface area contributed by atoms with E-state index in [9.17, 15) is 5.11 Å². The van der Waals surface area contributed by atoms with E-state index >= 15 is 0 Å². The molecule has 1 heterocycles. The number of nitrogens with one attached hydrogen (secondary N) is 1. The summed E-state index contributed by atoms with van der Waals surface area (Å²) < 4.78 is 0. The van der Waals surface area contributed by atoms with Crippen molar-refractivity contribution >= 4 is 11.8 Å². The van der Waals surface area contributed by atoms with Crippen LogP contribution >= 0.6 is 11.8 Å². The van der Waals surface area contributed by atoms with Gasteiger partial charge in [-0.1, -0.05) is 6.07 Å². The number of benzene rings is 1. The predicted molar refractivity (Wildman–Crippen MR) is 56.3 cm³/mol. The third kappa shape index (κ3) is 2.29. The van der Waals surface area contributed by atoms with Crippen molar-refractivity contribution in [2.75, 3.05) is 0 Å². The average Bonchev–Trinajstić information content (AvgIpc) is 2.67. The molecule has 0 aliphatic heterocycles. The fraction of sp³-hybridized carbons (Fsp3) is 0.100. The molecule has 0 bridgehead atoms. The van der Waals surface area contributed by atoms with Crippen LogP contribution in [0.2, 0.25) is 0 Å². The highest BCUT2D eigenvalue weighted by molar-refractivity contribution is 7.98. The summed E-state index contributed by atoms with van der Waals surface area (Å²) >= 11 is 1.67. The Labute approximate surface area is 86.2 Å². The second-order valence-electron chi connectivity index (χ2n) is 2.89. The van der Waals surface area contributed by atoms with Gasteiger partial charge >= 0.3 is 0 Å². The molecule has 0 aliphatic rings. The van der Waals surface area contributed by atoms with Gasteiger partial charge in [0.05, 0.1) is 6.20 Å². The molecule has 0 fully saturated rings. The minimum Gasteiger partial charge on any atom is -0.508 e. The van der Waals surface area contributed by atoms with E-state index in [4.69, 9.17) is 0 Å². The van der Waals surface area contributed by atoms with E-state index in [0.29, 0.717) is 5.75 Å². The molecule has 72 valence electrons. The van der Waals surface area contributed by atoms with Gasteiger partial charge in [0.2, 0.25) is 0 Å². The molecule has 0 spiro atoms. The number of nitrogens with zero attached hydrogens (tertiary/aromatic N) is 1. The van der Waals surface area contributed by atoms with Crippen molar-refractivity contribution in [3.63, 3.8) is 0 Å². The summed E-state index contributed by atoms with van der Waals surface area (Å²) in [6.07, 6.45) is 3.67. The molecule has 3 nitrogen and oxygen atoms in total. The SMILES string of the molecule is Oc1cccc(SCc2cn[nH]c2)c1. The van der Waals surface area contributed by atoms with Crippen molar-refractivity contribution in [1.82, 2.24) is 10.2 Å². The molecule has 0 atom stereocenters. The first-order valence-corrected chi connectivity index (χ1v) is 5.22. The van der Waals surface area contributed by atoms with E-state index < -0.39 is 0 Å². The number of aromatic amines is 1. The Morgan fingerprint density at radius 2 is 2.36 bits per heavy atom. The second-order valence-corrected chi connectivity index (χ2v) is 3.94. The normalized spacial score (nSPS) is 10.3. The summed E-state index contributed by atoms with van der Waals surface area (Å²) in [7, 11) is 0. The second kappa shape index (κ2) is 4.19. The Balaban J connectivity index is 1.98. The summed E-state index contributed by atoms with van der Waals surface area (Å²) in [5.74, 6) is 1.17. The van der Waals surface area contributed by atoms with Gasteiger partial charge in [-0.15, -0.1) is 11.8 Å². The molecule has 2 rings (SSSR count). The van der Waals surface area contributed by atoms with Gasteiger partial charge in [0, 0.05) is 22.4 Å². The van der Waals surface area contributed by atoms with E-state index in [0.717, 1.165) is 16.2 Å². The number of thioether (sulfide) groups is 1. The van der Waals surface area contributed by atoms with Gasteiger partial charge in [0.25, 0.3) is 0 Å². The molecule has 0 aliphatic carbocycles. The van der Waals surface area contributed by atoms with Crippen LogP contribution in [-0.2, 0) is 5.75 Å². The minimum absolute atomic E-state index is 0.308. The van der Waals surface area contributed by atoms with Gasteiger partial charge < -0.3 is 5.11 Å². The average molecular weight is 206 g/mol. The first-order chi connectivity index (χ1) is 6.84. The van der Waals surface area contributed by atoms with Crippen molar-refractivity contribution in [2.24, 2.45) is 0 Å². The molecule has 1 aromatic carbocycles. The first kappa shape index (κ1) is 9.15. The smallest absolute Gasteiger partial charge is 0.116 e. The van der Waals surface area contributed by atoms with E-state index in [1.807, 2.05) is 18.3 Å². The maximum atomic E-state index is 9.24. The van der Waals surface area contributed by atoms with Gasteiger partial charge in [-0.3, -0.25) is 5.10 Å². The van der Waals surface area contributed by atoms with E-state index in [2.05, 4.69) is 10.2 Å². The van der Waals surface area contributed by atoms with Crippen molar-refractivity contribution in [3.8, 4) is 5.75 Å². The topological polar surface area (TPSA) is 48.9 Å². The summed E-state index contributed by atoms with van der Waals surface area (Å²) in [5.41, 5.74) is 1.15. The largest absolute Gasteiger partial charge is 0.508 e. The van der Waals surface area contributed by atoms with E-state index in [1.165, 1.54) is 0 Å². The molecule has 14 heavy (non-hydrogen) atoms. The third-order valence-corrected chi connectivity index (χ3v) is 2.84. The van der Waals surface area contributed by atoms with Crippen LogP contribution in [-0.4, -0.2) is 15.3 Å². The molecule has 0 saturated heterocycles. The zero-order chi connectivity index (χ0) is 9.80. The molecule has 1 aromatic heterocycles. The fourth-order valence-corrected chi connectivity index (χ4v) is 1.97. The van der Waals surface area contributed by atoms with Crippen LogP contribution in [0.4, 0.5) is 0 Å². The molecule has 0 amide bonds. The maximum absolute atomic E-state index is 9.24. The lowest BCUT2D eigenvalue weighted by Gasteiger charge is -1.99. The van der Waals surface area contributed by atoms with E-state index in [1.54, 1.807) is 30.1 Å². The first-order valence-electron chi connectivity index (χ1n) is 4.24. The maximum Gasteiger partial charge on any atom is 0.116 e. The third-order valence-electron chi connectivity index (χ3n) is 1.78. The lowest BCUT2D eigenvalue weighted by atomic mass is 10.3. The molecule has 2 aromatic rings. The monoisotopic (exact) mass is 206 g/mol. The number of rotatable bonds is 3. The number of phenolic OH excluding ortho intramolecular Hbond substituents is 1. The molecule has 0 radical (unpaired) electrons. The quantitative estimate of drug-likeness (QED) is 0.758. The van der Waals surface area contributed by atoms with Crippen molar-refractivity contribution < 1.29 is 5.11 Å². The molecular formula is C10H10N2OS. The Morgan fingerprint density at radius 3 is 3.07 bits per heavy atom. The number of H-pyrrole nitrogens is 1. The van der Waals surface area contributed by atoms with Gasteiger partial charge in [-0.05, 0) is 18.2 Å². The Hall–Kier alpha value is -1.42. The number of hydrogen-bond acceptors (Lipinski definition) is 3.